The first kappa shape index (κ1) is 20.7. The molecular weight excluding hydrogens is 416 g/mol. The van der Waals surface area contributed by atoms with Gasteiger partial charge in [0, 0.05) is 17.3 Å². The Labute approximate surface area is 180 Å². The van der Waals surface area contributed by atoms with Crippen LogP contribution in [0.25, 0.3) is 16.9 Å². The quantitative estimate of drug-likeness (QED) is 0.492. The summed E-state index contributed by atoms with van der Waals surface area (Å²) in [5.41, 5.74) is 4.06. The Bertz CT molecular complexity index is 1360. The van der Waals surface area contributed by atoms with Crippen LogP contribution in [0.1, 0.15) is 11.1 Å². The maximum atomic E-state index is 12.9. The second kappa shape index (κ2) is 7.92. The van der Waals surface area contributed by atoms with Crippen LogP contribution in [0.15, 0.2) is 59.6 Å². The first-order valence-electron chi connectivity index (χ1n) is 9.49. The van der Waals surface area contributed by atoms with Gasteiger partial charge in [0.15, 0.2) is 5.65 Å². The fourth-order valence-electron chi connectivity index (χ4n) is 3.30. The summed E-state index contributed by atoms with van der Waals surface area (Å²) in [6, 6.07) is 13.9. The van der Waals surface area contributed by atoms with E-state index >= 15 is 0 Å². The van der Waals surface area contributed by atoms with E-state index < -0.39 is 10.0 Å². The Morgan fingerprint density at radius 3 is 2.35 bits per heavy atom. The molecule has 2 heterocycles. The number of hydrogen-bond donors (Lipinski definition) is 1. The van der Waals surface area contributed by atoms with Crippen LogP contribution in [0.2, 0.25) is 0 Å². The number of aromatic nitrogens is 3. The number of nitrogens with zero attached hydrogens (tertiary/aromatic N) is 3. The summed E-state index contributed by atoms with van der Waals surface area (Å²) in [5.74, 6) is 1.14. The summed E-state index contributed by atoms with van der Waals surface area (Å²) < 4.78 is 40.5. The molecule has 0 unspecified atom stereocenters. The number of benzene rings is 2. The van der Waals surface area contributed by atoms with Gasteiger partial charge >= 0.3 is 0 Å². The van der Waals surface area contributed by atoms with Gasteiger partial charge in [0.25, 0.3) is 10.0 Å². The first-order valence-corrected chi connectivity index (χ1v) is 11.0. The van der Waals surface area contributed by atoms with E-state index in [9.17, 15) is 8.42 Å². The Balaban J connectivity index is 1.59. The van der Waals surface area contributed by atoms with Crippen molar-refractivity contribution in [3.05, 3.63) is 65.9 Å². The van der Waals surface area contributed by atoms with Gasteiger partial charge in [0.05, 0.1) is 31.0 Å². The van der Waals surface area contributed by atoms with Crippen molar-refractivity contribution in [2.45, 2.75) is 18.7 Å². The highest BCUT2D eigenvalue weighted by Crippen LogP contribution is 2.28. The lowest BCUT2D eigenvalue weighted by atomic mass is 10.1. The van der Waals surface area contributed by atoms with Gasteiger partial charge in [-0.25, -0.2) is 17.9 Å². The van der Waals surface area contributed by atoms with Crippen molar-refractivity contribution >= 4 is 21.4 Å². The van der Waals surface area contributed by atoms with E-state index in [1.54, 1.807) is 62.2 Å². The van der Waals surface area contributed by atoms with Crippen LogP contribution in [0.3, 0.4) is 0 Å². The lowest BCUT2D eigenvalue weighted by Gasteiger charge is -2.13. The minimum Gasteiger partial charge on any atom is -0.496 e. The van der Waals surface area contributed by atoms with Gasteiger partial charge in [0.1, 0.15) is 5.75 Å². The number of methoxy groups -OCH3 is 2. The Morgan fingerprint density at radius 1 is 0.935 bits per heavy atom. The summed E-state index contributed by atoms with van der Waals surface area (Å²) in [5, 5.41) is 4.30. The van der Waals surface area contributed by atoms with Crippen molar-refractivity contribution in [3.8, 4) is 22.9 Å². The second-order valence-corrected chi connectivity index (χ2v) is 8.73. The van der Waals surface area contributed by atoms with Gasteiger partial charge in [-0.1, -0.05) is 12.1 Å². The molecule has 31 heavy (non-hydrogen) atoms. The van der Waals surface area contributed by atoms with E-state index in [0.717, 1.165) is 16.8 Å². The second-order valence-electron chi connectivity index (χ2n) is 7.07. The Kier molecular flexibility index (Phi) is 5.28. The smallest absolute Gasteiger partial charge is 0.262 e. The Morgan fingerprint density at radius 2 is 1.68 bits per heavy atom. The predicted molar refractivity (Wildman–Crippen MR) is 118 cm³/mol. The van der Waals surface area contributed by atoms with Crippen LogP contribution in [0, 0.1) is 13.8 Å². The molecule has 0 spiro atoms. The molecule has 0 aliphatic carbocycles. The van der Waals surface area contributed by atoms with E-state index in [1.807, 2.05) is 25.1 Å². The van der Waals surface area contributed by atoms with Crippen molar-refractivity contribution < 1.29 is 17.9 Å². The summed E-state index contributed by atoms with van der Waals surface area (Å²) in [4.78, 5) is 4.76. The molecule has 0 aliphatic heterocycles. The first-order chi connectivity index (χ1) is 14.8. The van der Waals surface area contributed by atoms with Crippen molar-refractivity contribution in [2.75, 3.05) is 18.9 Å². The number of imidazole rings is 1. The number of hydrogen-bond acceptors (Lipinski definition) is 6. The lowest BCUT2D eigenvalue weighted by molar-refractivity contribution is 0.390. The van der Waals surface area contributed by atoms with Gasteiger partial charge in [-0.15, -0.1) is 5.10 Å². The molecule has 0 fully saturated rings. The molecule has 0 bridgehead atoms. The minimum atomic E-state index is -3.75. The molecule has 0 aliphatic rings. The highest BCUT2D eigenvalue weighted by atomic mass is 32.2. The number of aryl methyl sites for hydroxylation is 2. The van der Waals surface area contributed by atoms with Crippen molar-refractivity contribution in [1.82, 2.24) is 14.6 Å². The topological polar surface area (TPSA) is 94.8 Å². The summed E-state index contributed by atoms with van der Waals surface area (Å²) in [6.45, 7) is 3.55. The van der Waals surface area contributed by atoms with Gasteiger partial charge in [-0.2, -0.15) is 0 Å². The van der Waals surface area contributed by atoms with Crippen molar-refractivity contribution in [2.24, 2.45) is 0 Å². The summed E-state index contributed by atoms with van der Waals surface area (Å²) in [7, 11) is -0.629. The lowest BCUT2D eigenvalue weighted by Crippen LogP contribution is -2.14. The van der Waals surface area contributed by atoms with E-state index in [-0.39, 0.29) is 4.90 Å². The zero-order chi connectivity index (χ0) is 22.2. The van der Waals surface area contributed by atoms with Gasteiger partial charge < -0.3 is 9.47 Å². The fourth-order valence-corrected chi connectivity index (χ4v) is 4.68. The molecule has 9 heteroatoms. The molecule has 2 aromatic heterocycles. The third kappa shape index (κ3) is 4.04. The highest BCUT2D eigenvalue weighted by Gasteiger charge is 2.19. The number of fused-ring (bicyclic) bond motifs is 1. The average molecular weight is 439 g/mol. The number of ether oxygens (including phenoxy) is 2. The van der Waals surface area contributed by atoms with Crippen molar-refractivity contribution in [1.29, 1.82) is 0 Å². The van der Waals surface area contributed by atoms with Gasteiger partial charge in [-0.3, -0.25) is 4.72 Å². The van der Waals surface area contributed by atoms with Crippen LogP contribution >= 0.6 is 0 Å². The molecule has 0 radical (unpaired) electrons. The molecule has 1 N–H and O–H groups in total. The predicted octanol–water partition coefficient (Wildman–Crippen LogP) is 3.83. The highest BCUT2D eigenvalue weighted by molar-refractivity contribution is 7.92. The zero-order valence-corrected chi connectivity index (χ0v) is 18.4. The third-order valence-electron chi connectivity index (χ3n) is 4.92. The summed E-state index contributed by atoms with van der Waals surface area (Å²) >= 11 is 0. The maximum Gasteiger partial charge on any atom is 0.262 e. The molecule has 4 rings (SSSR count). The molecule has 160 valence electrons. The molecular formula is C22H22N4O4S. The number of sulfonamides is 1. The van der Waals surface area contributed by atoms with Crippen LogP contribution in [0.5, 0.6) is 11.6 Å². The summed E-state index contributed by atoms with van der Waals surface area (Å²) in [6.07, 6.45) is 1.79. The van der Waals surface area contributed by atoms with E-state index in [2.05, 4.69) is 14.8 Å². The van der Waals surface area contributed by atoms with Crippen molar-refractivity contribution in [3.63, 3.8) is 0 Å². The molecule has 0 saturated heterocycles. The molecule has 4 aromatic rings. The molecule has 2 aromatic carbocycles. The van der Waals surface area contributed by atoms with Gasteiger partial charge in [-0.05, 0) is 55.3 Å². The largest absolute Gasteiger partial charge is 0.496 e. The fraction of sp³-hybridized carbons (Fsp3) is 0.182. The third-order valence-corrected chi connectivity index (χ3v) is 6.44. The van der Waals surface area contributed by atoms with E-state index in [1.165, 1.54) is 0 Å². The molecule has 0 amide bonds. The molecule has 0 atom stereocenters. The monoisotopic (exact) mass is 438 g/mol. The minimum absolute atomic E-state index is 0.218. The SMILES string of the molecule is COc1ccc2nc(-c3ccc(NS(=O)(=O)c4cc(C)c(OC)cc4C)cc3)cn2n1. The maximum absolute atomic E-state index is 12.9. The van der Waals surface area contributed by atoms with Crippen LogP contribution < -0.4 is 14.2 Å². The Hall–Kier alpha value is -3.59. The van der Waals surface area contributed by atoms with E-state index in [4.69, 9.17) is 9.47 Å². The van der Waals surface area contributed by atoms with Gasteiger partial charge in [0.2, 0.25) is 5.88 Å². The molecule has 8 nitrogen and oxygen atoms in total. The standard InChI is InChI=1S/C22H22N4O4S/c1-14-12-20(15(2)11-19(14)29-3)31(27,28)25-17-7-5-16(6-8-17)18-13-26-21(23-18)9-10-22(24-26)30-4/h5-13,25H,1-4H3. The normalized spacial score (nSPS) is 11.5. The average Bonchev–Trinajstić information content (AvgIpc) is 3.18. The molecule has 0 saturated carbocycles. The zero-order valence-electron chi connectivity index (χ0n) is 17.6. The number of anilines is 1. The van der Waals surface area contributed by atoms with Crippen LogP contribution in [0.4, 0.5) is 5.69 Å². The number of rotatable bonds is 6. The van der Waals surface area contributed by atoms with E-state index in [0.29, 0.717) is 28.5 Å². The number of nitrogens with one attached hydrogen (secondary N) is 1. The van der Waals surface area contributed by atoms with Crippen LogP contribution in [-0.2, 0) is 10.0 Å². The van der Waals surface area contributed by atoms with Crippen LogP contribution in [-0.4, -0.2) is 37.2 Å².